The van der Waals surface area contributed by atoms with Crippen molar-refractivity contribution >= 4 is 27.9 Å². The number of hydrogen-bond acceptors (Lipinski definition) is 7. The molecule has 0 aliphatic carbocycles. The van der Waals surface area contributed by atoms with Crippen LogP contribution in [0.2, 0.25) is 0 Å². The molecule has 0 atom stereocenters. The number of fused-ring (bicyclic) bond motifs is 2. The van der Waals surface area contributed by atoms with Gasteiger partial charge in [0, 0.05) is 69.9 Å². The van der Waals surface area contributed by atoms with Gasteiger partial charge in [0.2, 0.25) is 11.8 Å². The Balaban J connectivity index is 1.19. The smallest absolute Gasteiger partial charge is 0.416 e. The van der Waals surface area contributed by atoms with Gasteiger partial charge in [0.1, 0.15) is 24.5 Å². The van der Waals surface area contributed by atoms with Gasteiger partial charge in [0.15, 0.2) is 5.78 Å². The Labute approximate surface area is 313 Å². The standard InChI is InChI=1S/C41H26F6N6O3/c42-40(43,44)25-7-1-5-23(17-25)21-55-33-13-11-29(35(52-33)31-19-50-38-27(31)9-3-15-48-38)37(54)30-12-14-34(56-22-24-6-2-8-26(18-24)41(45,46)47)53-36(30)32-20-51-39-28(32)10-4-16-49-39/h1-20H,21-22H2,(H,48,50)(H,49,51). The van der Waals surface area contributed by atoms with Gasteiger partial charge in [-0.15, -0.1) is 0 Å². The van der Waals surface area contributed by atoms with E-state index in [1.165, 1.54) is 48.5 Å². The molecule has 0 radical (unpaired) electrons. The number of H-pyrrole nitrogens is 2. The Hall–Kier alpha value is -7.03. The van der Waals surface area contributed by atoms with Crippen LogP contribution < -0.4 is 9.47 Å². The number of hydrogen-bond donors (Lipinski definition) is 2. The number of ether oxygens (including phenoxy) is 2. The van der Waals surface area contributed by atoms with Crippen LogP contribution in [0.3, 0.4) is 0 Å². The molecule has 2 aromatic carbocycles. The van der Waals surface area contributed by atoms with E-state index in [2.05, 4.69) is 19.9 Å². The summed E-state index contributed by atoms with van der Waals surface area (Å²) in [6, 6.07) is 22.5. The zero-order chi connectivity index (χ0) is 39.0. The molecule has 0 amide bonds. The number of aromatic nitrogens is 6. The van der Waals surface area contributed by atoms with Crippen molar-refractivity contribution in [1.29, 1.82) is 0 Å². The minimum absolute atomic E-state index is 0.0478. The largest absolute Gasteiger partial charge is 0.473 e. The Kier molecular flexibility index (Phi) is 9.20. The van der Waals surface area contributed by atoms with Crippen molar-refractivity contribution in [3.63, 3.8) is 0 Å². The lowest BCUT2D eigenvalue weighted by Crippen LogP contribution is -2.10. The molecule has 15 heteroatoms. The first-order valence-corrected chi connectivity index (χ1v) is 16.9. The third kappa shape index (κ3) is 7.25. The second-order valence-electron chi connectivity index (χ2n) is 12.6. The first kappa shape index (κ1) is 36.0. The van der Waals surface area contributed by atoms with Crippen LogP contribution in [0.5, 0.6) is 11.8 Å². The third-order valence-corrected chi connectivity index (χ3v) is 8.92. The predicted octanol–water partition coefficient (Wildman–Crippen LogP) is 9.99. The summed E-state index contributed by atoms with van der Waals surface area (Å²) >= 11 is 0. The van der Waals surface area contributed by atoms with Crippen LogP contribution in [0.25, 0.3) is 44.6 Å². The fourth-order valence-corrected chi connectivity index (χ4v) is 6.26. The average molecular weight is 765 g/mol. The average Bonchev–Trinajstić information content (AvgIpc) is 3.83. The highest BCUT2D eigenvalue weighted by molar-refractivity contribution is 6.17. The molecule has 0 aliphatic rings. The third-order valence-electron chi connectivity index (χ3n) is 8.92. The number of nitrogens with zero attached hydrogens (tertiary/aromatic N) is 4. The van der Waals surface area contributed by atoms with Crippen molar-refractivity contribution in [2.45, 2.75) is 25.6 Å². The van der Waals surface area contributed by atoms with E-state index in [-0.39, 0.29) is 58.6 Å². The van der Waals surface area contributed by atoms with Crippen LogP contribution in [0.15, 0.2) is 122 Å². The van der Waals surface area contributed by atoms with Crippen molar-refractivity contribution in [3.05, 3.63) is 155 Å². The molecule has 2 N–H and O–H groups in total. The van der Waals surface area contributed by atoms with Gasteiger partial charge in [-0.3, -0.25) is 4.79 Å². The summed E-state index contributed by atoms with van der Waals surface area (Å²) in [5.74, 6) is -0.404. The SMILES string of the molecule is O=C(c1ccc(OCc2cccc(C(F)(F)F)c2)nc1-c1c[nH]c2ncccc12)c1ccc(OCc2cccc(C(F)(F)F)c2)nc1-c1c[nH]c2ncccc12. The van der Waals surface area contributed by atoms with Crippen LogP contribution in [-0.2, 0) is 25.6 Å². The molecule has 6 heterocycles. The summed E-state index contributed by atoms with van der Waals surface area (Å²) < 4.78 is 91.9. The number of carbonyl (C=O) groups excluding carboxylic acids is 1. The summed E-state index contributed by atoms with van der Waals surface area (Å²) in [5.41, 5.74) is 1.63. The number of carbonyl (C=O) groups is 1. The monoisotopic (exact) mass is 764 g/mol. The van der Waals surface area contributed by atoms with Crippen molar-refractivity contribution in [2.75, 3.05) is 0 Å². The number of ketones is 1. The second kappa shape index (κ2) is 14.3. The number of nitrogens with one attached hydrogen (secondary N) is 2. The van der Waals surface area contributed by atoms with Crippen molar-refractivity contribution < 1.29 is 40.6 Å². The summed E-state index contributed by atoms with van der Waals surface area (Å²) in [6.07, 6.45) is -2.58. The van der Waals surface area contributed by atoms with Gasteiger partial charge in [0.25, 0.3) is 0 Å². The van der Waals surface area contributed by atoms with E-state index in [9.17, 15) is 31.1 Å². The molecule has 6 aromatic heterocycles. The number of rotatable bonds is 10. The Morgan fingerprint density at radius 1 is 0.571 bits per heavy atom. The number of aromatic amines is 2. The van der Waals surface area contributed by atoms with E-state index in [0.29, 0.717) is 33.2 Å². The second-order valence-corrected chi connectivity index (χ2v) is 12.6. The Morgan fingerprint density at radius 3 is 1.45 bits per heavy atom. The van der Waals surface area contributed by atoms with E-state index >= 15 is 0 Å². The molecule has 9 nitrogen and oxygen atoms in total. The van der Waals surface area contributed by atoms with Gasteiger partial charge >= 0.3 is 12.4 Å². The maximum absolute atomic E-state index is 14.8. The molecule has 0 fully saturated rings. The van der Waals surface area contributed by atoms with E-state index in [1.807, 2.05) is 0 Å². The van der Waals surface area contributed by atoms with Crippen LogP contribution >= 0.6 is 0 Å². The first-order chi connectivity index (χ1) is 26.9. The van der Waals surface area contributed by atoms with E-state index in [4.69, 9.17) is 19.4 Å². The molecule has 280 valence electrons. The fraction of sp³-hybridized carbons (Fsp3) is 0.0976. The molecular weight excluding hydrogens is 738 g/mol. The molecule has 0 saturated heterocycles. The highest BCUT2D eigenvalue weighted by Crippen LogP contribution is 2.37. The first-order valence-electron chi connectivity index (χ1n) is 16.9. The lowest BCUT2D eigenvalue weighted by molar-refractivity contribution is -0.138. The summed E-state index contributed by atoms with van der Waals surface area (Å²) in [4.78, 5) is 39.0. The lowest BCUT2D eigenvalue weighted by atomic mass is 9.95. The van der Waals surface area contributed by atoms with Gasteiger partial charge in [-0.25, -0.2) is 19.9 Å². The molecular formula is C41H26F6N6O3. The highest BCUT2D eigenvalue weighted by Gasteiger charge is 2.31. The van der Waals surface area contributed by atoms with Crippen LogP contribution in [0, 0.1) is 0 Å². The molecule has 8 rings (SSSR count). The van der Waals surface area contributed by atoms with Crippen molar-refractivity contribution in [1.82, 2.24) is 29.9 Å². The maximum Gasteiger partial charge on any atom is 0.416 e. The van der Waals surface area contributed by atoms with Crippen molar-refractivity contribution in [3.8, 4) is 34.3 Å². The number of halogens is 6. The van der Waals surface area contributed by atoms with E-state index in [1.54, 1.807) is 49.1 Å². The van der Waals surface area contributed by atoms with Gasteiger partial charge in [-0.05, 0) is 71.8 Å². The molecule has 0 saturated carbocycles. The van der Waals surface area contributed by atoms with E-state index < -0.39 is 29.3 Å². The normalized spacial score (nSPS) is 12.0. The zero-order valence-electron chi connectivity index (χ0n) is 28.7. The molecule has 0 aliphatic heterocycles. The molecule has 0 unspecified atom stereocenters. The number of alkyl halides is 6. The van der Waals surface area contributed by atoms with Crippen LogP contribution in [0.1, 0.15) is 38.2 Å². The predicted molar refractivity (Wildman–Crippen MR) is 194 cm³/mol. The molecule has 0 bridgehead atoms. The highest BCUT2D eigenvalue weighted by atomic mass is 19.4. The topological polar surface area (TPSA) is 119 Å². The Morgan fingerprint density at radius 2 is 1.02 bits per heavy atom. The number of pyridine rings is 4. The van der Waals surface area contributed by atoms with Gasteiger partial charge in [-0.1, -0.05) is 24.3 Å². The van der Waals surface area contributed by atoms with Gasteiger partial charge in [-0.2, -0.15) is 26.3 Å². The lowest BCUT2D eigenvalue weighted by Gasteiger charge is -2.15. The Bertz CT molecular complexity index is 2550. The summed E-state index contributed by atoms with van der Waals surface area (Å²) in [7, 11) is 0. The van der Waals surface area contributed by atoms with Gasteiger partial charge < -0.3 is 19.4 Å². The minimum Gasteiger partial charge on any atom is -0.473 e. The minimum atomic E-state index is -4.53. The van der Waals surface area contributed by atoms with Crippen LogP contribution in [0.4, 0.5) is 26.3 Å². The van der Waals surface area contributed by atoms with E-state index in [0.717, 1.165) is 24.3 Å². The van der Waals surface area contributed by atoms with Gasteiger partial charge in [0.05, 0.1) is 22.5 Å². The quantitative estimate of drug-likeness (QED) is 0.105. The summed E-state index contributed by atoms with van der Waals surface area (Å²) in [5, 5.41) is 1.28. The van der Waals surface area contributed by atoms with Crippen molar-refractivity contribution in [2.24, 2.45) is 0 Å². The fourth-order valence-electron chi connectivity index (χ4n) is 6.26. The zero-order valence-corrected chi connectivity index (χ0v) is 28.7. The molecule has 56 heavy (non-hydrogen) atoms. The summed E-state index contributed by atoms with van der Waals surface area (Å²) in [6.45, 7) is -0.465. The molecule has 8 aromatic rings. The van der Waals surface area contributed by atoms with Crippen LogP contribution in [-0.4, -0.2) is 35.7 Å². The maximum atomic E-state index is 14.8. The molecule has 0 spiro atoms. The number of benzene rings is 2.